The summed E-state index contributed by atoms with van der Waals surface area (Å²) in [4.78, 5) is 22.4. The number of aromatic hydroxyl groups is 1. The molecule has 2 heterocycles. The SMILES string of the molecule is Nc1c(C(=O)NCc2ccc(F)cc2)c2nc3ccccc3nc2n1/N=C/c1cccc(O)c1. The highest BCUT2D eigenvalue weighted by Gasteiger charge is 2.24. The number of para-hydroxylation sites is 2. The first kappa shape index (κ1) is 21.1. The molecule has 8 nitrogen and oxygen atoms in total. The molecule has 0 unspecified atom stereocenters. The summed E-state index contributed by atoms with van der Waals surface area (Å²) in [7, 11) is 0. The van der Waals surface area contributed by atoms with Gasteiger partial charge in [-0.05, 0) is 47.5 Å². The third-order valence-electron chi connectivity index (χ3n) is 5.26. The van der Waals surface area contributed by atoms with Crippen LogP contribution in [-0.2, 0) is 6.54 Å². The van der Waals surface area contributed by atoms with Crippen molar-refractivity contribution in [1.29, 1.82) is 0 Å². The minimum Gasteiger partial charge on any atom is -0.508 e. The fourth-order valence-corrected chi connectivity index (χ4v) is 3.59. The Bertz CT molecular complexity index is 1560. The molecule has 0 saturated heterocycles. The van der Waals surface area contributed by atoms with Crippen LogP contribution in [0.1, 0.15) is 21.5 Å². The summed E-state index contributed by atoms with van der Waals surface area (Å²) in [5, 5.41) is 16.9. The zero-order chi connectivity index (χ0) is 23.7. The lowest BCUT2D eigenvalue weighted by Crippen LogP contribution is -2.23. The maximum absolute atomic E-state index is 13.2. The number of phenols is 1. The quantitative estimate of drug-likeness (QED) is 0.349. The summed E-state index contributed by atoms with van der Waals surface area (Å²) in [6.45, 7) is 0.179. The lowest BCUT2D eigenvalue weighted by atomic mass is 10.2. The molecule has 5 rings (SSSR count). The molecule has 0 atom stereocenters. The summed E-state index contributed by atoms with van der Waals surface area (Å²) in [6.07, 6.45) is 1.51. The van der Waals surface area contributed by atoms with E-state index < -0.39 is 5.91 Å². The van der Waals surface area contributed by atoms with Gasteiger partial charge in [0.25, 0.3) is 5.91 Å². The zero-order valence-electron chi connectivity index (χ0n) is 17.8. The molecule has 0 aliphatic heterocycles. The van der Waals surface area contributed by atoms with Gasteiger partial charge in [-0.3, -0.25) is 4.79 Å². The van der Waals surface area contributed by atoms with Gasteiger partial charge in [0.1, 0.15) is 28.5 Å². The Kier molecular flexibility index (Phi) is 5.35. The molecule has 34 heavy (non-hydrogen) atoms. The zero-order valence-corrected chi connectivity index (χ0v) is 17.8. The van der Waals surface area contributed by atoms with Crippen LogP contribution in [0.5, 0.6) is 5.75 Å². The van der Waals surface area contributed by atoms with Gasteiger partial charge >= 0.3 is 0 Å². The molecule has 0 bridgehead atoms. The number of fused-ring (bicyclic) bond motifs is 2. The number of hydrogen-bond donors (Lipinski definition) is 3. The summed E-state index contributed by atoms with van der Waals surface area (Å²) in [5.41, 5.74) is 9.74. The Labute approximate surface area is 193 Å². The number of carbonyl (C=O) groups excluding carboxylic acids is 1. The molecule has 0 aliphatic rings. The number of halogens is 1. The molecule has 0 saturated carbocycles. The van der Waals surface area contributed by atoms with E-state index in [0.29, 0.717) is 27.8 Å². The maximum atomic E-state index is 13.2. The number of benzene rings is 3. The summed E-state index contributed by atoms with van der Waals surface area (Å²) in [5.74, 6) is -0.643. The summed E-state index contributed by atoms with van der Waals surface area (Å²) < 4.78 is 14.5. The fourth-order valence-electron chi connectivity index (χ4n) is 3.59. The van der Waals surface area contributed by atoms with E-state index in [1.807, 2.05) is 18.2 Å². The minimum absolute atomic E-state index is 0.0679. The highest BCUT2D eigenvalue weighted by molar-refractivity contribution is 6.10. The van der Waals surface area contributed by atoms with Gasteiger partial charge in [0.05, 0.1) is 17.2 Å². The third kappa shape index (κ3) is 4.02. The number of anilines is 1. The Hall–Kier alpha value is -4.79. The van der Waals surface area contributed by atoms with Crippen molar-refractivity contribution in [3.05, 3.63) is 95.3 Å². The monoisotopic (exact) mass is 454 g/mol. The van der Waals surface area contributed by atoms with Crippen molar-refractivity contribution in [1.82, 2.24) is 20.0 Å². The van der Waals surface area contributed by atoms with Crippen molar-refractivity contribution in [3.8, 4) is 5.75 Å². The average Bonchev–Trinajstić information content (AvgIpc) is 3.10. The van der Waals surface area contributed by atoms with Crippen LogP contribution < -0.4 is 11.1 Å². The van der Waals surface area contributed by atoms with E-state index in [1.54, 1.807) is 42.5 Å². The Morgan fingerprint density at radius 1 is 1.06 bits per heavy atom. The molecule has 9 heteroatoms. The summed E-state index contributed by atoms with van der Waals surface area (Å²) >= 11 is 0. The van der Waals surface area contributed by atoms with Gasteiger partial charge in [0, 0.05) is 6.54 Å². The molecule has 0 radical (unpaired) electrons. The lowest BCUT2D eigenvalue weighted by Gasteiger charge is -2.06. The third-order valence-corrected chi connectivity index (χ3v) is 5.26. The number of hydrogen-bond acceptors (Lipinski definition) is 6. The van der Waals surface area contributed by atoms with Crippen LogP contribution in [0.15, 0.2) is 77.9 Å². The van der Waals surface area contributed by atoms with Crippen molar-refractivity contribution in [3.63, 3.8) is 0 Å². The molecule has 168 valence electrons. The maximum Gasteiger partial charge on any atom is 0.257 e. The lowest BCUT2D eigenvalue weighted by molar-refractivity contribution is 0.0953. The number of amides is 1. The number of phenolic OH excluding ortho intramolecular Hbond substituents is 1. The van der Waals surface area contributed by atoms with Crippen molar-refractivity contribution < 1.29 is 14.3 Å². The van der Waals surface area contributed by atoms with E-state index in [2.05, 4.69) is 20.4 Å². The minimum atomic E-state index is -0.456. The Balaban J connectivity index is 1.58. The van der Waals surface area contributed by atoms with Crippen LogP contribution in [0.25, 0.3) is 22.2 Å². The van der Waals surface area contributed by atoms with Gasteiger partial charge in [0.15, 0.2) is 5.65 Å². The largest absolute Gasteiger partial charge is 0.508 e. The number of nitrogen functional groups attached to an aromatic ring is 1. The second-order valence-electron chi connectivity index (χ2n) is 7.61. The molecule has 0 aliphatic carbocycles. The molecular formula is C25H19FN6O2. The van der Waals surface area contributed by atoms with Crippen molar-refractivity contribution in [2.75, 3.05) is 5.73 Å². The van der Waals surface area contributed by atoms with E-state index in [4.69, 9.17) is 5.73 Å². The first-order valence-electron chi connectivity index (χ1n) is 10.4. The van der Waals surface area contributed by atoms with Crippen LogP contribution in [0.3, 0.4) is 0 Å². The molecule has 4 N–H and O–H groups in total. The number of aromatic nitrogens is 3. The van der Waals surface area contributed by atoms with E-state index >= 15 is 0 Å². The number of carbonyl (C=O) groups is 1. The number of rotatable bonds is 5. The van der Waals surface area contributed by atoms with Gasteiger partial charge < -0.3 is 16.2 Å². The van der Waals surface area contributed by atoms with E-state index in [0.717, 1.165) is 5.56 Å². The summed E-state index contributed by atoms with van der Waals surface area (Å²) in [6, 6.07) is 19.7. The van der Waals surface area contributed by atoms with Crippen LogP contribution in [0.2, 0.25) is 0 Å². The van der Waals surface area contributed by atoms with Gasteiger partial charge in [0.2, 0.25) is 0 Å². The van der Waals surface area contributed by atoms with Crippen LogP contribution in [0, 0.1) is 5.82 Å². The van der Waals surface area contributed by atoms with Crippen LogP contribution in [0.4, 0.5) is 10.2 Å². The number of nitrogens with zero attached hydrogens (tertiary/aromatic N) is 4. The topological polar surface area (TPSA) is 118 Å². The molecule has 1 amide bonds. The number of nitrogens with two attached hydrogens (primary N) is 1. The molecule has 2 aromatic heterocycles. The van der Waals surface area contributed by atoms with E-state index in [-0.39, 0.29) is 29.5 Å². The molecule has 0 spiro atoms. The second kappa shape index (κ2) is 8.62. The van der Waals surface area contributed by atoms with Gasteiger partial charge in [-0.1, -0.05) is 36.4 Å². The van der Waals surface area contributed by atoms with Crippen LogP contribution >= 0.6 is 0 Å². The Morgan fingerprint density at radius 3 is 2.53 bits per heavy atom. The molecule has 5 aromatic rings. The first-order valence-corrected chi connectivity index (χ1v) is 10.4. The van der Waals surface area contributed by atoms with Gasteiger partial charge in [-0.15, -0.1) is 0 Å². The molecule has 3 aromatic carbocycles. The van der Waals surface area contributed by atoms with Gasteiger partial charge in [-0.25, -0.2) is 14.4 Å². The number of nitrogens with one attached hydrogen (secondary N) is 1. The van der Waals surface area contributed by atoms with Crippen LogP contribution in [-0.4, -0.2) is 31.9 Å². The highest BCUT2D eigenvalue weighted by atomic mass is 19.1. The standard InChI is InChI=1S/C25H19FN6O2/c26-17-10-8-15(9-11-17)13-28-25(34)21-22-24(31-20-7-2-1-6-19(20)30-22)32(23(21)27)29-14-16-4-3-5-18(33)12-16/h1-12,14,33H,13,27H2,(H,28,34)/b29-14+. The normalized spacial score (nSPS) is 11.4. The molecular weight excluding hydrogens is 435 g/mol. The predicted octanol–water partition coefficient (Wildman–Crippen LogP) is 3.82. The molecule has 0 fully saturated rings. The smallest absolute Gasteiger partial charge is 0.257 e. The van der Waals surface area contributed by atoms with E-state index in [9.17, 15) is 14.3 Å². The fraction of sp³-hybridized carbons (Fsp3) is 0.0400. The first-order chi connectivity index (χ1) is 16.5. The second-order valence-corrected chi connectivity index (χ2v) is 7.61. The van der Waals surface area contributed by atoms with Crippen molar-refractivity contribution >= 4 is 40.1 Å². The van der Waals surface area contributed by atoms with Crippen molar-refractivity contribution in [2.24, 2.45) is 5.10 Å². The van der Waals surface area contributed by atoms with E-state index in [1.165, 1.54) is 23.0 Å². The predicted molar refractivity (Wildman–Crippen MR) is 128 cm³/mol. The van der Waals surface area contributed by atoms with Gasteiger partial charge in [-0.2, -0.15) is 9.78 Å². The highest BCUT2D eigenvalue weighted by Crippen LogP contribution is 2.28. The Morgan fingerprint density at radius 2 is 1.79 bits per heavy atom. The average molecular weight is 454 g/mol. The van der Waals surface area contributed by atoms with Crippen molar-refractivity contribution in [2.45, 2.75) is 6.54 Å².